The summed E-state index contributed by atoms with van der Waals surface area (Å²) in [5.41, 5.74) is 1.56. The minimum absolute atomic E-state index is 0.230. The van der Waals surface area contributed by atoms with Crippen molar-refractivity contribution in [2.75, 3.05) is 13.1 Å². The van der Waals surface area contributed by atoms with E-state index in [2.05, 4.69) is 35.1 Å². The van der Waals surface area contributed by atoms with Crippen LogP contribution in [-0.4, -0.2) is 34.6 Å². The Hall–Kier alpha value is -0.930. The molecular formula is C15H23N3. The summed E-state index contributed by atoms with van der Waals surface area (Å²) in [5.74, 6) is 0.922. The number of hydrogen-bond acceptors (Lipinski definition) is 3. The maximum Gasteiger partial charge on any atom is 0.0312 e. The van der Waals surface area contributed by atoms with E-state index in [0.717, 1.165) is 31.6 Å². The van der Waals surface area contributed by atoms with Crippen molar-refractivity contribution in [3.63, 3.8) is 0 Å². The summed E-state index contributed by atoms with van der Waals surface area (Å²) in [5, 5.41) is 3.69. The molecule has 0 radical (unpaired) electrons. The van der Waals surface area contributed by atoms with E-state index >= 15 is 0 Å². The zero-order valence-electron chi connectivity index (χ0n) is 11.4. The van der Waals surface area contributed by atoms with Crippen LogP contribution in [0.4, 0.5) is 0 Å². The quantitative estimate of drug-likeness (QED) is 0.883. The summed E-state index contributed by atoms with van der Waals surface area (Å²) in [6.07, 6.45) is 6.68. The predicted molar refractivity (Wildman–Crippen MR) is 73.2 cm³/mol. The van der Waals surface area contributed by atoms with Gasteiger partial charge in [0.2, 0.25) is 0 Å². The highest BCUT2D eigenvalue weighted by molar-refractivity contribution is 5.10. The lowest BCUT2D eigenvalue weighted by Gasteiger charge is -2.45. The summed E-state index contributed by atoms with van der Waals surface area (Å²) in [4.78, 5) is 6.89. The van der Waals surface area contributed by atoms with Crippen LogP contribution in [0.25, 0.3) is 0 Å². The van der Waals surface area contributed by atoms with Crippen LogP contribution in [0, 0.1) is 5.92 Å². The van der Waals surface area contributed by atoms with E-state index in [1.165, 1.54) is 18.4 Å². The van der Waals surface area contributed by atoms with Gasteiger partial charge >= 0.3 is 0 Å². The summed E-state index contributed by atoms with van der Waals surface area (Å²) < 4.78 is 0. The molecule has 0 amide bonds. The second kappa shape index (κ2) is 4.63. The molecule has 1 saturated carbocycles. The molecule has 1 unspecified atom stereocenters. The molecule has 2 fully saturated rings. The molecule has 3 rings (SSSR count). The zero-order valence-corrected chi connectivity index (χ0v) is 11.4. The maximum absolute atomic E-state index is 4.23. The van der Waals surface area contributed by atoms with Crippen LogP contribution in [0.2, 0.25) is 0 Å². The Morgan fingerprint density at radius 1 is 1.44 bits per heavy atom. The average molecular weight is 245 g/mol. The molecule has 0 aromatic carbocycles. The van der Waals surface area contributed by atoms with Crippen molar-refractivity contribution in [3.8, 4) is 0 Å². The molecule has 3 nitrogen and oxygen atoms in total. The Morgan fingerprint density at radius 3 is 2.94 bits per heavy atom. The van der Waals surface area contributed by atoms with Gasteiger partial charge in [-0.3, -0.25) is 9.88 Å². The van der Waals surface area contributed by atoms with E-state index in [-0.39, 0.29) is 5.54 Å². The minimum atomic E-state index is 0.230. The van der Waals surface area contributed by atoms with Gasteiger partial charge in [0.25, 0.3) is 0 Å². The third-order valence-electron chi connectivity index (χ3n) is 4.13. The van der Waals surface area contributed by atoms with Gasteiger partial charge in [0.1, 0.15) is 0 Å². The van der Waals surface area contributed by atoms with Gasteiger partial charge in [-0.1, -0.05) is 6.07 Å². The first-order valence-corrected chi connectivity index (χ1v) is 7.02. The first-order chi connectivity index (χ1) is 8.64. The fourth-order valence-corrected chi connectivity index (χ4v) is 3.04. The third kappa shape index (κ3) is 2.73. The molecule has 1 aliphatic carbocycles. The molecule has 0 bridgehead atoms. The van der Waals surface area contributed by atoms with E-state index in [9.17, 15) is 0 Å². The van der Waals surface area contributed by atoms with Crippen LogP contribution in [0.15, 0.2) is 24.5 Å². The summed E-state index contributed by atoms with van der Waals surface area (Å²) in [7, 11) is 0. The van der Waals surface area contributed by atoms with Crippen molar-refractivity contribution in [3.05, 3.63) is 30.1 Å². The zero-order chi connectivity index (χ0) is 12.6. The van der Waals surface area contributed by atoms with Crippen molar-refractivity contribution < 1.29 is 0 Å². The van der Waals surface area contributed by atoms with Crippen LogP contribution in [0.5, 0.6) is 0 Å². The lowest BCUT2D eigenvalue weighted by atomic mass is 9.96. The second-order valence-electron chi connectivity index (χ2n) is 6.44. The molecule has 98 valence electrons. The van der Waals surface area contributed by atoms with Gasteiger partial charge < -0.3 is 5.32 Å². The number of piperazine rings is 1. The Balaban J connectivity index is 1.73. The fourth-order valence-electron chi connectivity index (χ4n) is 3.04. The van der Waals surface area contributed by atoms with Gasteiger partial charge in [-0.2, -0.15) is 0 Å². The highest BCUT2D eigenvalue weighted by Crippen LogP contribution is 2.37. The smallest absolute Gasteiger partial charge is 0.0312 e. The molecule has 1 aromatic rings. The number of pyridine rings is 1. The van der Waals surface area contributed by atoms with Crippen molar-refractivity contribution in [1.82, 2.24) is 15.2 Å². The van der Waals surface area contributed by atoms with Crippen molar-refractivity contribution >= 4 is 0 Å². The third-order valence-corrected chi connectivity index (χ3v) is 4.13. The van der Waals surface area contributed by atoms with Crippen molar-refractivity contribution in [2.24, 2.45) is 5.92 Å². The highest BCUT2D eigenvalue weighted by atomic mass is 15.3. The van der Waals surface area contributed by atoms with Crippen molar-refractivity contribution in [1.29, 1.82) is 0 Å². The Bertz CT molecular complexity index is 397. The normalized spacial score (nSPS) is 28.2. The number of aromatic nitrogens is 1. The lowest BCUT2D eigenvalue weighted by Crippen LogP contribution is -2.61. The van der Waals surface area contributed by atoms with E-state index in [0.29, 0.717) is 0 Å². The van der Waals surface area contributed by atoms with E-state index in [4.69, 9.17) is 0 Å². The number of nitrogens with zero attached hydrogens (tertiary/aromatic N) is 2. The van der Waals surface area contributed by atoms with Crippen LogP contribution < -0.4 is 5.32 Å². The molecule has 1 saturated heterocycles. The van der Waals surface area contributed by atoms with Gasteiger partial charge in [0, 0.05) is 43.6 Å². The second-order valence-corrected chi connectivity index (χ2v) is 6.44. The van der Waals surface area contributed by atoms with Crippen molar-refractivity contribution in [2.45, 2.75) is 44.8 Å². The summed E-state index contributed by atoms with van der Waals surface area (Å²) >= 11 is 0. The van der Waals surface area contributed by atoms with Gasteiger partial charge in [-0.15, -0.1) is 0 Å². The average Bonchev–Trinajstić information content (AvgIpc) is 3.13. The van der Waals surface area contributed by atoms with Crippen LogP contribution >= 0.6 is 0 Å². The minimum Gasteiger partial charge on any atom is -0.309 e. The van der Waals surface area contributed by atoms with Gasteiger partial charge in [-0.05, 0) is 44.2 Å². The topological polar surface area (TPSA) is 28.2 Å². The molecule has 1 N–H and O–H groups in total. The molecular weight excluding hydrogens is 222 g/mol. The van der Waals surface area contributed by atoms with Gasteiger partial charge in [0.05, 0.1) is 0 Å². The highest BCUT2D eigenvalue weighted by Gasteiger charge is 2.40. The summed E-state index contributed by atoms with van der Waals surface area (Å²) in [6, 6.07) is 4.94. The monoisotopic (exact) mass is 245 g/mol. The first-order valence-electron chi connectivity index (χ1n) is 7.02. The Labute approximate surface area is 110 Å². The van der Waals surface area contributed by atoms with E-state index in [1.807, 2.05) is 18.5 Å². The maximum atomic E-state index is 4.23. The van der Waals surface area contributed by atoms with Crippen LogP contribution in [0.1, 0.15) is 32.3 Å². The largest absolute Gasteiger partial charge is 0.309 e. The molecule has 1 atom stereocenters. The van der Waals surface area contributed by atoms with E-state index in [1.54, 1.807) is 0 Å². The molecule has 18 heavy (non-hydrogen) atoms. The molecule has 3 heteroatoms. The lowest BCUT2D eigenvalue weighted by molar-refractivity contribution is 0.0758. The Kier molecular flexibility index (Phi) is 3.12. The fraction of sp³-hybridized carbons (Fsp3) is 0.667. The van der Waals surface area contributed by atoms with Crippen LogP contribution in [-0.2, 0) is 6.54 Å². The van der Waals surface area contributed by atoms with Gasteiger partial charge in [0.15, 0.2) is 0 Å². The molecule has 2 aliphatic rings. The SMILES string of the molecule is CC1(C)CN(Cc2cccnc2)C(C2CC2)CN1. The van der Waals surface area contributed by atoms with Gasteiger partial charge in [-0.25, -0.2) is 0 Å². The molecule has 1 aromatic heterocycles. The number of rotatable bonds is 3. The molecule has 1 aliphatic heterocycles. The summed E-state index contributed by atoms with van der Waals surface area (Å²) in [6.45, 7) is 7.90. The predicted octanol–water partition coefficient (Wildman–Crippen LogP) is 2.04. The van der Waals surface area contributed by atoms with E-state index < -0.39 is 0 Å². The number of nitrogens with one attached hydrogen (secondary N) is 1. The standard InChI is InChI=1S/C15H23N3/c1-15(2)11-18(10-12-4-3-7-16-8-12)14(9-17-15)13-5-6-13/h3-4,7-8,13-14,17H,5-6,9-11H2,1-2H3. The van der Waals surface area contributed by atoms with Crippen LogP contribution in [0.3, 0.4) is 0 Å². The Morgan fingerprint density at radius 2 is 2.28 bits per heavy atom. The molecule has 0 spiro atoms. The molecule has 2 heterocycles. The number of hydrogen-bond donors (Lipinski definition) is 1. The first kappa shape index (κ1) is 12.1.